The maximum atomic E-state index is 12.6. The van der Waals surface area contributed by atoms with E-state index in [4.69, 9.17) is 16.1 Å². The summed E-state index contributed by atoms with van der Waals surface area (Å²) < 4.78 is 6.84. The van der Waals surface area contributed by atoms with E-state index >= 15 is 0 Å². The van der Waals surface area contributed by atoms with Gasteiger partial charge in [-0.25, -0.2) is 4.98 Å². The first-order chi connectivity index (χ1) is 17.9. The summed E-state index contributed by atoms with van der Waals surface area (Å²) in [5.41, 5.74) is 9.44. The molecule has 1 heterocycles. The second-order valence-electron chi connectivity index (χ2n) is 9.34. The molecular weight excluding hydrogens is 466 g/mol. The number of amidine groups is 1. The number of methoxy groups -OCH3 is 1. The highest BCUT2D eigenvalue weighted by Crippen LogP contribution is 2.27. The highest BCUT2D eigenvalue weighted by Gasteiger charge is 2.15. The lowest BCUT2D eigenvalue weighted by Crippen LogP contribution is -2.26. The Hall–Kier alpha value is -3.68. The topological polar surface area (TPSA) is 123 Å². The average molecular weight is 506 g/mol. The smallest absolute Gasteiger partial charge is 0.307 e. The Bertz CT molecular complexity index is 1200. The molecule has 0 aliphatic rings. The van der Waals surface area contributed by atoms with E-state index < -0.39 is 0 Å². The lowest BCUT2D eigenvalue weighted by molar-refractivity contribution is -0.140. The number of esters is 1. The van der Waals surface area contributed by atoms with E-state index in [9.17, 15) is 9.59 Å². The zero-order chi connectivity index (χ0) is 26.6. The molecule has 0 aliphatic carbocycles. The molecule has 0 saturated carbocycles. The van der Waals surface area contributed by atoms with E-state index in [1.54, 1.807) is 12.1 Å². The summed E-state index contributed by atoms with van der Waals surface area (Å²) in [6, 6.07) is 13.1. The van der Waals surface area contributed by atoms with Gasteiger partial charge < -0.3 is 20.4 Å². The third kappa shape index (κ3) is 7.90. The van der Waals surface area contributed by atoms with Crippen molar-refractivity contribution in [3.8, 4) is 11.4 Å². The minimum absolute atomic E-state index is 0.0295. The number of nitrogen functional groups attached to an aromatic ring is 1. The van der Waals surface area contributed by atoms with Crippen LogP contribution in [0.15, 0.2) is 42.5 Å². The first-order valence-corrected chi connectivity index (χ1v) is 13.2. The van der Waals surface area contributed by atoms with Crippen molar-refractivity contribution < 1.29 is 14.3 Å². The number of unbranched alkanes of at least 4 members (excludes halogenated alkanes) is 7. The lowest BCUT2D eigenvalue weighted by atomic mass is 10.1. The molecule has 4 N–H and O–H groups in total. The van der Waals surface area contributed by atoms with E-state index in [2.05, 4.69) is 21.5 Å². The van der Waals surface area contributed by atoms with Crippen LogP contribution in [-0.4, -0.2) is 40.9 Å². The zero-order valence-corrected chi connectivity index (χ0v) is 22.0. The van der Waals surface area contributed by atoms with Crippen molar-refractivity contribution in [3.63, 3.8) is 0 Å². The Balaban J connectivity index is 1.78. The molecule has 0 atom stereocenters. The van der Waals surface area contributed by atoms with Gasteiger partial charge in [0, 0.05) is 29.8 Å². The molecule has 0 saturated heterocycles. The van der Waals surface area contributed by atoms with E-state index in [1.165, 1.54) is 45.6 Å². The van der Waals surface area contributed by atoms with Crippen molar-refractivity contribution in [1.29, 1.82) is 5.41 Å². The molecule has 0 aliphatic heterocycles. The minimum Gasteiger partial charge on any atom is -0.469 e. The third-order valence-corrected chi connectivity index (χ3v) is 6.54. The molecule has 3 aromatic rings. The van der Waals surface area contributed by atoms with Crippen LogP contribution < -0.4 is 11.1 Å². The van der Waals surface area contributed by atoms with Crippen molar-refractivity contribution in [2.24, 2.45) is 5.73 Å². The fourth-order valence-electron chi connectivity index (χ4n) is 4.40. The molecule has 3 rings (SSSR count). The normalized spacial score (nSPS) is 11.0. The molecule has 8 heteroatoms. The molecule has 37 heavy (non-hydrogen) atoms. The van der Waals surface area contributed by atoms with Gasteiger partial charge in [-0.05, 0) is 24.6 Å². The monoisotopic (exact) mass is 505 g/mol. The predicted octanol–water partition coefficient (Wildman–Crippen LogP) is 5.42. The summed E-state index contributed by atoms with van der Waals surface area (Å²) in [5.74, 6) is 0.241. The van der Waals surface area contributed by atoms with Gasteiger partial charge in [-0.1, -0.05) is 76.1 Å². The summed E-state index contributed by atoms with van der Waals surface area (Å²) in [6.45, 7) is 3.28. The molecule has 2 aromatic carbocycles. The van der Waals surface area contributed by atoms with E-state index in [0.717, 1.165) is 41.8 Å². The Labute approximate surface area is 219 Å². The Morgan fingerprint density at radius 2 is 1.62 bits per heavy atom. The van der Waals surface area contributed by atoms with E-state index in [1.807, 2.05) is 30.3 Å². The fraction of sp³-hybridized carbons (Fsp3) is 0.448. The van der Waals surface area contributed by atoms with Gasteiger partial charge >= 0.3 is 5.97 Å². The van der Waals surface area contributed by atoms with Crippen LogP contribution in [0.3, 0.4) is 0 Å². The maximum Gasteiger partial charge on any atom is 0.307 e. The molecule has 1 aromatic heterocycles. The van der Waals surface area contributed by atoms with Crippen molar-refractivity contribution in [3.05, 3.63) is 53.6 Å². The zero-order valence-electron chi connectivity index (χ0n) is 22.0. The summed E-state index contributed by atoms with van der Waals surface area (Å²) in [7, 11) is 1.33. The summed E-state index contributed by atoms with van der Waals surface area (Å²) in [6.07, 6.45) is 10.1. The van der Waals surface area contributed by atoms with Crippen LogP contribution in [0.25, 0.3) is 22.4 Å². The Kier molecular flexibility index (Phi) is 10.7. The van der Waals surface area contributed by atoms with Gasteiger partial charge in [-0.3, -0.25) is 15.0 Å². The van der Waals surface area contributed by atoms with Crippen LogP contribution in [0.4, 0.5) is 0 Å². The van der Waals surface area contributed by atoms with Crippen molar-refractivity contribution in [2.75, 3.05) is 13.7 Å². The lowest BCUT2D eigenvalue weighted by Gasteiger charge is -2.10. The van der Waals surface area contributed by atoms with E-state index in [-0.39, 0.29) is 30.7 Å². The number of ether oxygens (including phenoxy) is 1. The molecule has 0 radical (unpaired) electrons. The quantitative estimate of drug-likeness (QED) is 0.110. The number of nitrogens with one attached hydrogen (secondary N) is 2. The summed E-state index contributed by atoms with van der Waals surface area (Å²) in [4.78, 5) is 28.8. The number of nitrogens with zero attached hydrogens (tertiary/aromatic N) is 2. The molecule has 198 valence electrons. The summed E-state index contributed by atoms with van der Waals surface area (Å²) in [5, 5.41) is 10.4. The fourth-order valence-corrected chi connectivity index (χ4v) is 4.40. The van der Waals surface area contributed by atoms with E-state index in [0.29, 0.717) is 11.1 Å². The van der Waals surface area contributed by atoms with Crippen LogP contribution in [0.5, 0.6) is 0 Å². The molecule has 0 bridgehead atoms. The van der Waals surface area contributed by atoms with Crippen LogP contribution >= 0.6 is 0 Å². The van der Waals surface area contributed by atoms with Crippen molar-refractivity contribution >= 4 is 28.7 Å². The van der Waals surface area contributed by atoms with Gasteiger partial charge in [0.15, 0.2) is 0 Å². The highest BCUT2D eigenvalue weighted by molar-refractivity contribution is 5.98. The number of hydrogen-bond acceptors (Lipinski definition) is 5. The van der Waals surface area contributed by atoms with Crippen LogP contribution in [0.2, 0.25) is 0 Å². The van der Waals surface area contributed by atoms with Gasteiger partial charge in [0.2, 0.25) is 0 Å². The highest BCUT2D eigenvalue weighted by atomic mass is 16.5. The number of imidazole rings is 1. The largest absolute Gasteiger partial charge is 0.469 e. The van der Waals surface area contributed by atoms with Gasteiger partial charge in [-0.15, -0.1) is 0 Å². The number of aryl methyl sites for hydroxylation is 1. The maximum absolute atomic E-state index is 12.6. The number of fused-ring (bicyclic) bond motifs is 1. The Morgan fingerprint density at radius 3 is 2.27 bits per heavy atom. The molecule has 0 unspecified atom stereocenters. The van der Waals surface area contributed by atoms with Crippen molar-refractivity contribution in [1.82, 2.24) is 14.9 Å². The number of rotatable bonds is 15. The van der Waals surface area contributed by atoms with Gasteiger partial charge in [0.1, 0.15) is 11.7 Å². The molecule has 1 amide bonds. The number of hydrogen-bond donors (Lipinski definition) is 3. The molecule has 0 spiro atoms. The molecular formula is C29H39N5O3. The second kappa shape index (κ2) is 14.2. The van der Waals surface area contributed by atoms with Crippen LogP contribution in [0.1, 0.15) is 80.6 Å². The van der Waals surface area contributed by atoms with Gasteiger partial charge in [0.25, 0.3) is 5.91 Å². The molecule has 8 nitrogen and oxygen atoms in total. The number of amides is 1. The molecule has 0 fully saturated rings. The number of carbonyl (C=O) groups is 2. The van der Waals surface area contributed by atoms with Crippen LogP contribution in [0, 0.1) is 5.41 Å². The second-order valence-corrected chi connectivity index (χ2v) is 9.34. The SMILES string of the molecule is CCCCCCCCCCn1c(-c2ccc(C(=N)N)cc2)nc2cc(C(=O)NCCC(=O)OC)ccc21. The van der Waals surface area contributed by atoms with Crippen LogP contribution in [-0.2, 0) is 16.1 Å². The first-order valence-electron chi connectivity index (χ1n) is 13.2. The number of benzene rings is 2. The average Bonchev–Trinajstić information content (AvgIpc) is 3.27. The third-order valence-electron chi connectivity index (χ3n) is 6.54. The summed E-state index contributed by atoms with van der Waals surface area (Å²) >= 11 is 0. The number of nitrogens with two attached hydrogens (primary N) is 1. The first kappa shape index (κ1) is 27.9. The number of carbonyl (C=O) groups excluding carboxylic acids is 2. The minimum atomic E-state index is -0.365. The standard InChI is InChI=1S/C29H39N5O3/c1-3-4-5-6-7-8-9-10-19-34-25-16-15-23(29(36)32-18-17-26(35)37-2)20-24(25)33-28(34)22-13-11-21(12-14-22)27(30)31/h11-16,20H,3-10,17-19H2,1-2H3,(H3,30,31)(H,32,36). The van der Waals surface area contributed by atoms with Crippen molar-refractivity contribution in [2.45, 2.75) is 71.3 Å². The van der Waals surface area contributed by atoms with Gasteiger partial charge in [0.05, 0.1) is 24.6 Å². The van der Waals surface area contributed by atoms with Gasteiger partial charge in [-0.2, -0.15) is 0 Å². The number of aromatic nitrogens is 2. The predicted molar refractivity (Wildman–Crippen MR) is 148 cm³/mol. The Morgan fingerprint density at radius 1 is 0.973 bits per heavy atom.